The van der Waals surface area contributed by atoms with E-state index in [1.54, 1.807) is 0 Å². The molecule has 0 spiro atoms. The highest BCUT2D eigenvalue weighted by molar-refractivity contribution is 5.88. The lowest BCUT2D eigenvalue weighted by Gasteiger charge is -2.30. The van der Waals surface area contributed by atoms with Crippen molar-refractivity contribution in [2.75, 3.05) is 0 Å². The predicted molar refractivity (Wildman–Crippen MR) is 51.2 cm³/mol. The summed E-state index contributed by atoms with van der Waals surface area (Å²) in [5, 5.41) is 0. The Labute approximate surface area is 79.9 Å². The molecule has 0 aromatic heterocycles. The van der Waals surface area contributed by atoms with Crippen LogP contribution in [0.4, 0.5) is 0 Å². The second kappa shape index (κ2) is 2.18. The van der Waals surface area contributed by atoms with Crippen LogP contribution in [0.1, 0.15) is 39.5 Å². The van der Waals surface area contributed by atoms with E-state index in [-0.39, 0.29) is 5.41 Å². The minimum atomic E-state index is 0.111. The summed E-state index contributed by atoms with van der Waals surface area (Å²) in [7, 11) is 0. The van der Waals surface area contributed by atoms with Crippen LogP contribution in [0.25, 0.3) is 0 Å². The third-order valence-corrected chi connectivity index (χ3v) is 5.04. The van der Waals surface area contributed by atoms with E-state index in [4.69, 9.17) is 0 Å². The highest BCUT2D eigenvalue weighted by atomic mass is 16.1. The molecule has 3 rings (SSSR count). The summed E-state index contributed by atoms with van der Waals surface area (Å²) in [6.45, 7) is 4.59. The Kier molecular flexibility index (Phi) is 1.35. The minimum absolute atomic E-state index is 0.111. The van der Waals surface area contributed by atoms with Crippen LogP contribution in [0.2, 0.25) is 0 Å². The van der Waals surface area contributed by atoms with E-state index in [2.05, 4.69) is 13.8 Å². The van der Waals surface area contributed by atoms with Crippen molar-refractivity contribution in [1.29, 1.82) is 0 Å². The first-order valence-electron chi connectivity index (χ1n) is 5.64. The highest BCUT2D eigenvalue weighted by Crippen LogP contribution is 2.64. The molecule has 1 heteroatoms. The number of hydrogen-bond donors (Lipinski definition) is 0. The highest BCUT2D eigenvalue weighted by Gasteiger charge is 2.61. The van der Waals surface area contributed by atoms with Gasteiger partial charge in [0, 0.05) is 11.8 Å². The van der Waals surface area contributed by atoms with Gasteiger partial charge in [-0.15, -0.1) is 0 Å². The lowest BCUT2D eigenvalue weighted by atomic mass is 9.72. The van der Waals surface area contributed by atoms with Gasteiger partial charge in [0.25, 0.3) is 0 Å². The largest absolute Gasteiger partial charge is 0.299 e. The first-order chi connectivity index (χ1) is 6.11. The van der Waals surface area contributed by atoms with E-state index in [1.807, 2.05) is 0 Å². The first-order valence-corrected chi connectivity index (χ1v) is 5.64. The third-order valence-electron chi connectivity index (χ3n) is 5.04. The molecule has 0 amide bonds. The van der Waals surface area contributed by atoms with Crippen molar-refractivity contribution >= 4 is 5.78 Å². The van der Waals surface area contributed by atoms with Crippen molar-refractivity contribution in [3.63, 3.8) is 0 Å². The fraction of sp³-hybridized carbons (Fsp3) is 0.917. The smallest absolute Gasteiger partial charge is 0.139 e. The average Bonchev–Trinajstić information content (AvgIpc) is 2.60. The Hall–Kier alpha value is -0.330. The van der Waals surface area contributed by atoms with Crippen LogP contribution in [-0.4, -0.2) is 5.78 Å². The van der Waals surface area contributed by atoms with Crippen LogP contribution in [0, 0.1) is 29.1 Å². The van der Waals surface area contributed by atoms with Gasteiger partial charge in [-0.1, -0.05) is 13.8 Å². The molecule has 3 aliphatic carbocycles. The quantitative estimate of drug-likeness (QED) is 0.557. The van der Waals surface area contributed by atoms with E-state index >= 15 is 0 Å². The maximum absolute atomic E-state index is 11.8. The summed E-state index contributed by atoms with van der Waals surface area (Å²) in [6, 6.07) is 0. The molecule has 5 atom stereocenters. The van der Waals surface area contributed by atoms with Crippen molar-refractivity contribution in [1.82, 2.24) is 0 Å². The number of rotatable bonds is 0. The molecule has 72 valence electrons. The van der Waals surface area contributed by atoms with Gasteiger partial charge < -0.3 is 0 Å². The van der Waals surface area contributed by atoms with Crippen LogP contribution in [-0.2, 0) is 4.79 Å². The molecule has 13 heavy (non-hydrogen) atoms. The average molecular weight is 178 g/mol. The molecule has 1 nitrogen and oxygen atoms in total. The number of Topliss-reactive ketones (excluding diaryl/α,β-unsaturated/α-hetero) is 1. The molecule has 3 aliphatic rings. The maximum Gasteiger partial charge on any atom is 0.139 e. The molecule has 3 saturated carbocycles. The summed E-state index contributed by atoms with van der Waals surface area (Å²) in [6.07, 6.45) is 4.85. The Bertz CT molecular complexity index is 270. The van der Waals surface area contributed by atoms with Gasteiger partial charge in [-0.3, -0.25) is 4.79 Å². The Morgan fingerprint density at radius 1 is 1.38 bits per heavy atom. The topological polar surface area (TPSA) is 17.1 Å². The number of carbonyl (C=O) groups excluding carboxylic acids is 1. The van der Waals surface area contributed by atoms with Crippen molar-refractivity contribution in [2.24, 2.45) is 29.1 Å². The molecule has 3 fully saturated rings. The lowest BCUT2D eigenvalue weighted by Crippen LogP contribution is -2.33. The van der Waals surface area contributed by atoms with Gasteiger partial charge in [-0.05, 0) is 42.9 Å². The second-order valence-electron chi connectivity index (χ2n) is 5.86. The molecular weight excluding hydrogens is 160 g/mol. The van der Waals surface area contributed by atoms with E-state index in [0.29, 0.717) is 5.78 Å². The number of hydrogen-bond acceptors (Lipinski definition) is 1. The molecule has 2 bridgehead atoms. The fourth-order valence-corrected chi connectivity index (χ4v) is 4.45. The zero-order chi connectivity index (χ0) is 9.22. The zero-order valence-electron chi connectivity index (χ0n) is 8.55. The summed E-state index contributed by atoms with van der Waals surface area (Å²) in [4.78, 5) is 11.8. The summed E-state index contributed by atoms with van der Waals surface area (Å²) >= 11 is 0. The molecule has 0 heterocycles. The first kappa shape index (κ1) is 8.02. The molecule has 0 N–H and O–H groups in total. The van der Waals surface area contributed by atoms with Gasteiger partial charge in [0.05, 0.1) is 0 Å². The SMILES string of the molecule is CC1CC2C3CC(=O)C(C)(C3)C2C1. The van der Waals surface area contributed by atoms with Crippen molar-refractivity contribution < 1.29 is 4.79 Å². The van der Waals surface area contributed by atoms with Crippen LogP contribution in [0.5, 0.6) is 0 Å². The van der Waals surface area contributed by atoms with Gasteiger partial charge in [-0.25, -0.2) is 0 Å². The van der Waals surface area contributed by atoms with E-state index < -0.39 is 0 Å². The summed E-state index contributed by atoms with van der Waals surface area (Å²) in [5.74, 6) is 3.90. The monoisotopic (exact) mass is 178 g/mol. The van der Waals surface area contributed by atoms with Gasteiger partial charge in [0.1, 0.15) is 5.78 Å². The minimum Gasteiger partial charge on any atom is -0.299 e. The summed E-state index contributed by atoms with van der Waals surface area (Å²) < 4.78 is 0. The lowest BCUT2D eigenvalue weighted by molar-refractivity contribution is -0.129. The number of carbonyl (C=O) groups is 1. The van der Waals surface area contributed by atoms with Crippen LogP contribution in [0.15, 0.2) is 0 Å². The maximum atomic E-state index is 11.8. The predicted octanol–water partition coefficient (Wildman–Crippen LogP) is 2.65. The Morgan fingerprint density at radius 2 is 2.15 bits per heavy atom. The fourth-order valence-electron chi connectivity index (χ4n) is 4.45. The standard InChI is InChI=1S/C12H18O/c1-7-3-9-8-5-11(13)12(2,6-8)10(9)4-7/h7-10H,3-6H2,1-2H3. The van der Waals surface area contributed by atoms with E-state index in [9.17, 15) is 4.79 Å². The van der Waals surface area contributed by atoms with Crippen molar-refractivity contribution in [3.05, 3.63) is 0 Å². The second-order valence-corrected chi connectivity index (χ2v) is 5.86. The molecule has 0 aromatic rings. The van der Waals surface area contributed by atoms with Gasteiger partial charge in [0.2, 0.25) is 0 Å². The molecule has 0 radical (unpaired) electrons. The van der Waals surface area contributed by atoms with Crippen LogP contribution < -0.4 is 0 Å². The molecule has 0 saturated heterocycles. The summed E-state index contributed by atoms with van der Waals surface area (Å²) in [5.41, 5.74) is 0.111. The Morgan fingerprint density at radius 3 is 2.92 bits per heavy atom. The number of fused-ring (bicyclic) bond motifs is 5. The van der Waals surface area contributed by atoms with Crippen LogP contribution >= 0.6 is 0 Å². The van der Waals surface area contributed by atoms with Gasteiger partial charge in [0.15, 0.2) is 0 Å². The van der Waals surface area contributed by atoms with Crippen LogP contribution in [0.3, 0.4) is 0 Å². The van der Waals surface area contributed by atoms with Crippen molar-refractivity contribution in [2.45, 2.75) is 39.5 Å². The van der Waals surface area contributed by atoms with Gasteiger partial charge in [-0.2, -0.15) is 0 Å². The number of ketones is 1. The third kappa shape index (κ3) is 0.812. The molecule has 0 aliphatic heterocycles. The van der Waals surface area contributed by atoms with E-state index in [1.165, 1.54) is 19.3 Å². The zero-order valence-corrected chi connectivity index (χ0v) is 8.55. The molecule has 5 unspecified atom stereocenters. The van der Waals surface area contributed by atoms with E-state index in [0.717, 1.165) is 30.1 Å². The Balaban J connectivity index is 1.98. The van der Waals surface area contributed by atoms with Gasteiger partial charge >= 0.3 is 0 Å². The van der Waals surface area contributed by atoms with Crippen molar-refractivity contribution in [3.8, 4) is 0 Å². The normalized spacial score (nSPS) is 58.8. The molecular formula is C12H18O. The molecule has 0 aromatic carbocycles.